The number of ether oxygens (including phenoxy) is 3. The molecule has 0 amide bonds. The van der Waals surface area contributed by atoms with E-state index in [1.165, 1.54) is 16.7 Å². The second-order valence-corrected chi connectivity index (χ2v) is 13.8. The van der Waals surface area contributed by atoms with Crippen molar-refractivity contribution < 1.29 is 64.9 Å². The van der Waals surface area contributed by atoms with Gasteiger partial charge < -0.3 is 64.9 Å². The lowest BCUT2D eigenvalue weighted by Gasteiger charge is -2.37. The molecule has 0 spiro atoms. The van der Waals surface area contributed by atoms with E-state index in [1.807, 2.05) is 0 Å². The molecule has 1 aromatic heterocycles. The summed E-state index contributed by atoms with van der Waals surface area (Å²) in [6.45, 7) is 26.3. The van der Waals surface area contributed by atoms with Crippen LogP contribution in [-0.4, -0.2) is 107 Å². The molecule has 0 fully saturated rings. The van der Waals surface area contributed by atoms with Crippen molar-refractivity contribution in [2.24, 2.45) is 0 Å². The molecule has 0 saturated carbocycles. The minimum atomic E-state index is 0. The van der Waals surface area contributed by atoms with Crippen molar-refractivity contribution in [1.82, 2.24) is 15.0 Å². The number of benzene rings is 3. The number of likely N-dealkylation sites (N-methyl/N-ethyl adjacent to an activating group) is 3. The van der Waals surface area contributed by atoms with Crippen molar-refractivity contribution >= 4 is 0 Å². The van der Waals surface area contributed by atoms with E-state index < -0.39 is 0 Å². The largest absolute Gasteiger partial charge is 1.00 e. The van der Waals surface area contributed by atoms with Gasteiger partial charge in [0.1, 0.15) is 59.1 Å². The first-order chi connectivity index (χ1) is 24.8. The lowest BCUT2D eigenvalue weighted by molar-refractivity contribution is -0.937. The summed E-state index contributed by atoms with van der Waals surface area (Å²) in [4.78, 5) is 13.9. The van der Waals surface area contributed by atoms with Gasteiger partial charge in [-0.1, -0.05) is 91.0 Å². The van der Waals surface area contributed by atoms with Crippen molar-refractivity contribution in [3.63, 3.8) is 0 Å². The molecule has 54 heavy (non-hydrogen) atoms. The Hall–Kier alpha value is -3.18. The number of aromatic nitrogens is 3. The van der Waals surface area contributed by atoms with E-state index in [-0.39, 0.29) is 55.3 Å². The van der Waals surface area contributed by atoms with Crippen LogP contribution in [0.1, 0.15) is 58.2 Å². The molecule has 0 unspecified atom stereocenters. The Balaban J connectivity index is 0.00000486. The van der Waals surface area contributed by atoms with Gasteiger partial charge in [-0.25, -0.2) is 0 Å². The first-order valence-electron chi connectivity index (χ1n) is 19.2. The average molecular weight is 806 g/mol. The van der Waals surface area contributed by atoms with Crippen LogP contribution in [0.25, 0.3) is 0 Å². The van der Waals surface area contributed by atoms with Crippen LogP contribution >= 0.6 is 0 Å². The fourth-order valence-electron chi connectivity index (χ4n) is 6.95. The SMILES string of the molecule is CC[N+](CC)(CCOc1nc(OCC[N+](CC)(CC)Cc2ccccc2)nc(OCC[N+](CC)(CC)Cc2ccccc2)n1)Cc1ccccc1.[Cl-].[Cl-].[Cl-]. The quantitative estimate of drug-likeness (QED) is 0.0780. The van der Waals surface area contributed by atoms with Crippen LogP contribution < -0.4 is 51.4 Å². The third kappa shape index (κ3) is 14.8. The van der Waals surface area contributed by atoms with Crippen molar-refractivity contribution in [3.8, 4) is 18.0 Å². The molecule has 0 radical (unpaired) electrons. The standard InChI is InChI=1S/C42H63N6O3.3ClH/c1-7-46(8-2,34-37-22-16-13-17-23-37)28-31-49-40-43-41(50-32-29-47(9-3,10-4)35-38-24-18-14-19-25-38)45-42(44-40)51-33-30-48(11-5,12-6)36-39-26-20-15-21-27-39;;;/h13-27H,7-12,28-36H2,1-6H3;3*1H/q+3;;;/p-3. The number of rotatable bonds is 24. The van der Waals surface area contributed by atoms with Gasteiger partial charge in [0, 0.05) is 16.7 Å². The fourth-order valence-corrected chi connectivity index (χ4v) is 6.95. The van der Waals surface area contributed by atoms with Crippen LogP contribution in [0.15, 0.2) is 91.0 Å². The molecule has 9 nitrogen and oxygen atoms in total. The Kier molecular flexibility index (Phi) is 22.7. The summed E-state index contributed by atoms with van der Waals surface area (Å²) >= 11 is 0. The third-order valence-corrected chi connectivity index (χ3v) is 11.1. The van der Waals surface area contributed by atoms with Gasteiger partial charge in [0.05, 0.1) is 39.3 Å². The molecule has 0 aliphatic carbocycles. The van der Waals surface area contributed by atoms with Crippen LogP contribution in [0.3, 0.4) is 0 Å². The summed E-state index contributed by atoms with van der Waals surface area (Å²) in [5.41, 5.74) is 3.98. The molecule has 3 aromatic carbocycles. The molecular weight excluding hydrogens is 743 g/mol. The Morgan fingerprint density at radius 2 is 0.593 bits per heavy atom. The van der Waals surface area contributed by atoms with Crippen molar-refractivity contribution in [3.05, 3.63) is 108 Å². The van der Waals surface area contributed by atoms with Crippen LogP contribution in [0.5, 0.6) is 18.0 Å². The maximum atomic E-state index is 6.28. The van der Waals surface area contributed by atoms with E-state index in [0.29, 0.717) is 19.8 Å². The lowest BCUT2D eigenvalue weighted by atomic mass is 10.2. The molecule has 4 rings (SSSR count). The zero-order valence-corrected chi connectivity index (χ0v) is 35.6. The molecule has 300 valence electrons. The van der Waals surface area contributed by atoms with Gasteiger partial charge in [-0.15, -0.1) is 15.0 Å². The maximum absolute atomic E-state index is 6.28. The van der Waals surface area contributed by atoms with Crippen LogP contribution in [0.4, 0.5) is 0 Å². The number of nitrogens with zero attached hydrogens (tertiary/aromatic N) is 6. The summed E-state index contributed by atoms with van der Waals surface area (Å²) in [5.74, 6) is 0. The second kappa shape index (κ2) is 25.1. The van der Waals surface area contributed by atoms with E-state index in [2.05, 4.69) is 147 Å². The van der Waals surface area contributed by atoms with Crippen LogP contribution in [0.2, 0.25) is 0 Å². The topological polar surface area (TPSA) is 66.4 Å². The molecule has 0 N–H and O–H groups in total. The summed E-state index contributed by atoms with van der Waals surface area (Å²) < 4.78 is 21.6. The third-order valence-electron chi connectivity index (χ3n) is 11.1. The monoisotopic (exact) mass is 804 g/mol. The Bertz CT molecular complexity index is 1350. The minimum absolute atomic E-state index is 0. The Morgan fingerprint density at radius 3 is 0.796 bits per heavy atom. The zero-order chi connectivity index (χ0) is 36.4. The van der Waals surface area contributed by atoms with E-state index in [0.717, 1.165) is 92.0 Å². The zero-order valence-electron chi connectivity index (χ0n) is 33.3. The molecule has 0 aliphatic rings. The minimum Gasteiger partial charge on any atom is -1.00 e. The van der Waals surface area contributed by atoms with Gasteiger partial charge in [-0.3, -0.25) is 0 Å². The molecule has 0 saturated heterocycles. The Morgan fingerprint density at radius 1 is 0.370 bits per heavy atom. The van der Waals surface area contributed by atoms with Crippen LogP contribution in [-0.2, 0) is 19.6 Å². The number of hydrogen-bond donors (Lipinski definition) is 0. The van der Waals surface area contributed by atoms with Gasteiger partial charge in [-0.05, 0) is 41.5 Å². The molecule has 12 heteroatoms. The number of quaternary nitrogens is 3. The van der Waals surface area contributed by atoms with Gasteiger partial charge in [0.2, 0.25) is 0 Å². The normalized spacial score (nSPS) is 11.4. The smallest absolute Gasteiger partial charge is 0.326 e. The number of hydrogen-bond acceptors (Lipinski definition) is 6. The lowest BCUT2D eigenvalue weighted by Crippen LogP contribution is -3.00. The summed E-state index contributed by atoms with van der Waals surface area (Å²) in [7, 11) is 0. The first-order valence-corrected chi connectivity index (χ1v) is 19.2. The molecule has 0 bridgehead atoms. The van der Waals surface area contributed by atoms with Gasteiger partial charge in [0.25, 0.3) is 0 Å². The predicted molar refractivity (Wildman–Crippen MR) is 205 cm³/mol. The number of halogens is 3. The van der Waals surface area contributed by atoms with E-state index in [1.54, 1.807) is 0 Å². The molecule has 1 heterocycles. The van der Waals surface area contributed by atoms with Gasteiger partial charge in [0.15, 0.2) is 0 Å². The highest BCUT2D eigenvalue weighted by atomic mass is 35.5. The maximum Gasteiger partial charge on any atom is 0.326 e. The predicted octanol–water partition coefficient (Wildman–Crippen LogP) is -1.81. The molecular formula is C42H63Cl3N6O3. The molecule has 0 atom stereocenters. The highest BCUT2D eigenvalue weighted by molar-refractivity contribution is 5.15. The molecule has 4 aromatic rings. The molecule has 0 aliphatic heterocycles. The summed E-state index contributed by atoms with van der Waals surface area (Å²) in [6.07, 6.45) is 0. The second-order valence-electron chi connectivity index (χ2n) is 13.8. The highest BCUT2D eigenvalue weighted by Gasteiger charge is 2.27. The average Bonchev–Trinajstić information content (AvgIpc) is 3.18. The fraction of sp³-hybridized carbons (Fsp3) is 0.500. The summed E-state index contributed by atoms with van der Waals surface area (Å²) in [5, 5.41) is 0. The Labute approximate surface area is 344 Å². The van der Waals surface area contributed by atoms with Crippen molar-refractivity contribution in [1.29, 1.82) is 0 Å². The van der Waals surface area contributed by atoms with Crippen molar-refractivity contribution in [2.45, 2.75) is 61.2 Å². The van der Waals surface area contributed by atoms with E-state index >= 15 is 0 Å². The first kappa shape index (κ1) is 48.8. The highest BCUT2D eigenvalue weighted by Crippen LogP contribution is 2.20. The van der Waals surface area contributed by atoms with Gasteiger partial charge >= 0.3 is 18.0 Å². The van der Waals surface area contributed by atoms with E-state index in [4.69, 9.17) is 14.2 Å². The van der Waals surface area contributed by atoms with Crippen molar-refractivity contribution in [2.75, 3.05) is 78.7 Å². The van der Waals surface area contributed by atoms with Crippen LogP contribution in [0, 0.1) is 0 Å². The van der Waals surface area contributed by atoms with Gasteiger partial charge in [-0.2, -0.15) is 0 Å². The summed E-state index contributed by atoms with van der Waals surface area (Å²) in [6, 6.07) is 32.8. The van der Waals surface area contributed by atoms with E-state index in [9.17, 15) is 0 Å².